The molecule has 12 heteroatoms. The number of rotatable bonds is 23. The SMILES string of the molecule is COCO[C@H](C#CC(=O)[C@@H](OCOC)[C@@H](CCOCc1ccc(OC)cc1)OC)C[C@@H](OCOC)[C@H](C)O[Si](C)(C)C(C)(C)C. The van der Waals surface area contributed by atoms with Crippen molar-refractivity contribution >= 4 is 14.1 Å². The molecule has 0 aliphatic carbocycles. The van der Waals surface area contributed by atoms with Crippen molar-refractivity contribution in [1.29, 1.82) is 0 Å². The fourth-order valence-electron chi connectivity index (χ4n) is 4.02. The molecule has 0 aromatic heterocycles. The van der Waals surface area contributed by atoms with Crippen LogP contribution in [0.15, 0.2) is 24.3 Å². The van der Waals surface area contributed by atoms with Gasteiger partial charge in [-0.2, -0.15) is 0 Å². The van der Waals surface area contributed by atoms with Crippen molar-refractivity contribution in [2.75, 3.05) is 62.5 Å². The van der Waals surface area contributed by atoms with Crippen molar-refractivity contribution in [1.82, 2.24) is 0 Å². The number of ketones is 1. The maximum Gasteiger partial charge on any atom is 0.237 e. The van der Waals surface area contributed by atoms with Gasteiger partial charge >= 0.3 is 0 Å². The van der Waals surface area contributed by atoms with Gasteiger partial charge in [0.2, 0.25) is 5.78 Å². The lowest BCUT2D eigenvalue weighted by Crippen LogP contribution is -2.47. The van der Waals surface area contributed by atoms with Crippen LogP contribution in [0.3, 0.4) is 0 Å². The van der Waals surface area contributed by atoms with Gasteiger partial charge in [0, 0.05) is 41.5 Å². The monoisotopic (exact) mass is 656 g/mol. The summed E-state index contributed by atoms with van der Waals surface area (Å²) in [4.78, 5) is 13.4. The van der Waals surface area contributed by atoms with Crippen LogP contribution in [-0.4, -0.2) is 107 Å². The Hall–Kier alpha value is -1.89. The number of hydrogen-bond acceptors (Lipinski definition) is 11. The molecule has 1 aromatic rings. The summed E-state index contributed by atoms with van der Waals surface area (Å²) in [6.07, 6.45) is -2.30. The van der Waals surface area contributed by atoms with E-state index >= 15 is 0 Å². The summed E-state index contributed by atoms with van der Waals surface area (Å²) >= 11 is 0. The van der Waals surface area contributed by atoms with Gasteiger partial charge in [0.15, 0.2) is 14.4 Å². The molecule has 258 valence electrons. The number of ether oxygens (including phenoxy) is 9. The standard InChI is InChI=1S/C33H56O11Si/c1-25(44-45(10,11)33(2,3)4)31(42-23-36-6)20-28(41-22-35-5)16-17-29(34)32(43-24-37-7)30(39-9)18-19-40-21-26-12-14-27(38-8)15-13-26/h12-15,25,28,30-32H,18-24H2,1-11H3/t25-,28+,30+,31+,32+/m0/s1. The summed E-state index contributed by atoms with van der Waals surface area (Å²) in [7, 11) is 5.60. The topological polar surface area (TPSA) is 109 Å². The Morgan fingerprint density at radius 2 is 1.47 bits per heavy atom. The quantitative estimate of drug-likeness (QED) is 0.0525. The van der Waals surface area contributed by atoms with Crippen LogP contribution in [0, 0.1) is 11.8 Å². The van der Waals surface area contributed by atoms with E-state index in [1.165, 1.54) is 21.3 Å². The van der Waals surface area contributed by atoms with Crippen LogP contribution in [0.25, 0.3) is 0 Å². The average Bonchev–Trinajstić information content (AvgIpc) is 3.00. The van der Waals surface area contributed by atoms with Gasteiger partial charge in [-0.25, -0.2) is 0 Å². The van der Waals surface area contributed by atoms with E-state index in [9.17, 15) is 4.79 Å². The lowest BCUT2D eigenvalue weighted by atomic mass is 10.0. The molecule has 11 nitrogen and oxygen atoms in total. The molecular formula is C33H56O11Si. The molecule has 0 heterocycles. The molecule has 45 heavy (non-hydrogen) atoms. The van der Waals surface area contributed by atoms with Crippen LogP contribution < -0.4 is 4.74 Å². The zero-order chi connectivity index (χ0) is 33.9. The smallest absolute Gasteiger partial charge is 0.237 e. The Morgan fingerprint density at radius 1 is 0.867 bits per heavy atom. The summed E-state index contributed by atoms with van der Waals surface area (Å²) in [5.74, 6) is 5.98. The van der Waals surface area contributed by atoms with Crippen molar-refractivity contribution in [3.63, 3.8) is 0 Å². The minimum Gasteiger partial charge on any atom is -0.497 e. The second-order valence-corrected chi connectivity index (χ2v) is 16.8. The molecule has 0 N–H and O–H groups in total. The number of hydrogen-bond donors (Lipinski definition) is 0. The second kappa shape index (κ2) is 21.8. The maximum absolute atomic E-state index is 13.4. The number of methoxy groups -OCH3 is 5. The Labute approximate surface area is 271 Å². The van der Waals surface area contributed by atoms with Crippen molar-refractivity contribution in [3.05, 3.63) is 29.8 Å². The van der Waals surface area contributed by atoms with Gasteiger partial charge in [0.25, 0.3) is 0 Å². The molecule has 0 saturated carbocycles. The molecule has 1 aromatic carbocycles. The fraction of sp³-hybridized carbons (Fsp3) is 0.727. The van der Waals surface area contributed by atoms with Crippen LogP contribution >= 0.6 is 0 Å². The van der Waals surface area contributed by atoms with Crippen molar-refractivity contribution in [2.45, 2.75) is 95.8 Å². The number of carbonyl (C=O) groups excluding carboxylic acids is 1. The summed E-state index contributed by atoms with van der Waals surface area (Å²) in [5.41, 5.74) is 0.998. The van der Waals surface area contributed by atoms with Gasteiger partial charge in [-0.3, -0.25) is 4.79 Å². The molecule has 0 aliphatic rings. The van der Waals surface area contributed by atoms with Crippen LogP contribution in [0.5, 0.6) is 5.75 Å². The molecule has 0 bridgehead atoms. The fourth-order valence-corrected chi connectivity index (χ4v) is 5.45. The second-order valence-electron chi connectivity index (χ2n) is 12.1. The number of carbonyl (C=O) groups is 1. The molecule has 0 aliphatic heterocycles. The Bertz CT molecular complexity index is 1000. The van der Waals surface area contributed by atoms with Gasteiger partial charge in [-0.05, 0) is 55.1 Å². The lowest BCUT2D eigenvalue weighted by molar-refractivity contribution is -0.151. The van der Waals surface area contributed by atoms with Crippen LogP contribution in [-0.2, 0) is 53.7 Å². The first kappa shape index (κ1) is 41.1. The third kappa shape index (κ3) is 15.5. The van der Waals surface area contributed by atoms with Crippen molar-refractivity contribution in [3.8, 4) is 17.6 Å². The molecule has 0 fully saturated rings. The van der Waals surface area contributed by atoms with Crippen molar-refractivity contribution in [2.24, 2.45) is 0 Å². The number of Topliss-reactive ketones (excluding diaryl/α,β-unsaturated/α-hetero) is 1. The minimum absolute atomic E-state index is 0.0150. The van der Waals surface area contributed by atoms with Gasteiger partial charge in [-0.15, -0.1) is 0 Å². The molecule has 0 unspecified atom stereocenters. The highest BCUT2D eigenvalue weighted by Gasteiger charge is 2.40. The van der Waals surface area contributed by atoms with Crippen LogP contribution in [0.4, 0.5) is 0 Å². The third-order valence-electron chi connectivity index (χ3n) is 7.64. The largest absolute Gasteiger partial charge is 0.497 e. The lowest BCUT2D eigenvalue weighted by Gasteiger charge is -2.40. The Kier molecular flexibility index (Phi) is 19.9. The molecule has 0 spiro atoms. The molecule has 5 atom stereocenters. The molecule has 0 amide bonds. The van der Waals surface area contributed by atoms with E-state index in [2.05, 4.69) is 45.7 Å². The zero-order valence-corrected chi connectivity index (χ0v) is 30.1. The van der Waals surface area contributed by atoms with E-state index < -0.39 is 38.5 Å². The summed E-state index contributed by atoms with van der Waals surface area (Å²) in [6, 6.07) is 7.62. The predicted octanol–water partition coefficient (Wildman–Crippen LogP) is 4.96. The van der Waals surface area contributed by atoms with Gasteiger partial charge in [0.1, 0.15) is 32.2 Å². The first-order valence-electron chi connectivity index (χ1n) is 15.1. The molecule has 0 radical (unpaired) electrons. The maximum atomic E-state index is 13.4. The van der Waals surface area contributed by atoms with Crippen LogP contribution in [0.1, 0.15) is 46.1 Å². The third-order valence-corrected chi connectivity index (χ3v) is 12.2. The highest BCUT2D eigenvalue weighted by atomic mass is 28.4. The highest BCUT2D eigenvalue weighted by Crippen LogP contribution is 2.38. The van der Waals surface area contributed by atoms with E-state index in [0.717, 1.165) is 11.3 Å². The van der Waals surface area contributed by atoms with E-state index in [1.807, 2.05) is 31.2 Å². The summed E-state index contributed by atoms with van der Waals surface area (Å²) in [6.45, 7) is 13.6. The zero-order valence-electron chi connectivity index (χ0n) is 29.1. The number of benzene rings is 1. The van der Waals surface area contributed by atoms with E-state index in [0.29, 0.717) is 26.1 Å². The van der Waals surface area contributed by atoms with Crippen LogP contribution in [0.2, 0.25) is 18.1 Å². The highest BCUT2D eigenvalue weighted by molar-refractivity contribution is 6.74. The summed E-state index contributed by atoms with van der Waals surface area (Å²) in [5, 5.41) is 0.0150. The Morgan fingerprint density at radius 3 is 2.02 bits per heavy atom. The van der Waals surface area contributed by atoms with Gasteiger partial charge in [0.05, 0.1) is 32.0 Å². The van der Waals surface area contributed by atoms with Crippen molar-refractivity contribution < 1.29 is 51.9 Å². The molecule has 1 rings (SSSR count). The molecular weight excluding hydrogens is 600 g/mol. The first-order valence-corrected chi connectivity index (χ1v) is 18.0. The normalized spacial score (nSPS) is 15.4. The average molecular weight is 657 g/mol. The first-order chi connectivity index (χ1) is 21.3. The van der Waals surface area contributed by atoms with E-state index in [4.69, 9.17) is 47.1 Å². The minimum atomic E-state index is -2.10. The van der Waals surface area contributed by atoms with Gasteiger partial charge in [-0.1, -0.05) is 38.8 Å². The summed E-state index contributed by atoms with van der Waals surface area (Å²) < 4.78 is 56.2. The van der Waals surface area contributed by atoms with E-state index in [-0.39, 0.29) is 31.5 Å². The molecule has 0 saturated heterocycles. The van der Waals surface area contributed by atoms with E-state index in [1.54, 1.807) is 14.2 Å². The Balaban J connectivity index is 3.03. The predicted molar refractivity (Wildman–Crippen MR) is 173 cm³/mol. The van der Waals surface area contributed by atoms with Gasteiger partial charge < -0.3 is 47.1 Å².